The summed E-state index contributed by atoms with van der Waals surface area (Å²) in [5, 5.41) is 0. The number of unbranched alkanes of at least 4 members (excludes halogenated alkanes) is 6. The van der Waals surface area contributed by atoms with E-state index in [4.69, 9.17) is 4.74 Å². The summed E-state index contributed by atoms with van der Waals surface area (Å²) in [7, 11) is 0. The molecule has 1 aliphatic rings. The minimum absolute atomic E-state index is 0.0694. The molecule has 1 aromatic rings. The average Bonchev–Trinajstić information content (AvgIpc) is 2.63. The van der Waals surface area contributed by atoms with Gasteiger partial charge in [0.2, 0.25) is 0 Å². The van der Waals surface area contributed by atoms with E-state index in [9.17, 15) is 4.79 Å². The minimum atomic E-state index is -0.0694. The molecule has 0 N–H and O–H groups in total. The molecule has 1 heterocycles. The number of rotatable bonds is 10. The van der Waals surface area contributed by atoms with E-state index < -0.39 is 0 Å². The van der Waals surface area contributed by atoms with E-state index >= 15 is 0 Å². The van der Waals surface area contributed by atoms with E-state index in [1.54, 1.807) is 6.20 Å². The van der Waals surface area contributed by atoms with Crippen LogP contribution in [0.4, 0.5) is 0 Å². The molecular weight excluding hydrogens is 310 g/mol. The molecule has 25 heavy (non-hydrogen) atoms. The van der Waals surface area contributed by atoms with Gasteiger partial charge in [-0.2, -0.15) is 0 Å². The largest absolute Gasteiger partial charge is 0.425 e. The lowest BCUT2D eigenvalue weighted by Crippen LogP contribution is -2.25. The lowest BCUT2D eigenvalue weighted by molar-refractivity contribution is -0.140. The van der Waals surface area contributed by atoms with Gasteiger partial charge in [-0.05, 0) is 50.7 Å². The highest BCUT2D eigenvalue weighted by Crippen LogP contribution is 2.33. The Morgan fingerprint density at radius 2 is 1.72 bits per heavy atom. The Bertz CT molecular complexity index is 489. The lowest BCUT2D eigenvalue weighted by Gasteiger charge is -2.27. The molecule has 0 atom stereocenters. The quantitative estimate of drug-likeness (QED) is 0.372. The maximum Gasteiger partial charge on any atom is 0.314 e. The maximum atomic E-state index is 12.3. The van der Waals surface area contributed by atoms with E-state index in [-0.39, 0.29) is 11.9 Å². The topological polar surface area (TPSA) is 39.2 Å². The van der Waals surface area contributed by atoms with Crippen molar-refractivity contribution in [3.05, 3.63) is 24.0 Å². The van der Waals surface area contributed by atoms with E-state index in [0.29, 0.717) is 5.75 Å². The molecule has 0 amide bonds. The highest BCUT2D eigenvalue weighted by Gasteiger charge is 2.27. The Morgan fingerprint density at radius 3 is 2.36 bits per heavy atom. The monoisotopic (exact) mass is 345 g/mol. The molecule has 0 saturated heterocycles. The van der Waals surface area contributed by atoms with Gasteiger partial charge in [-0.15, -0.1) is 0 Å². The number of aromatic nitrogens is 1. The Hall–Kier alpha value is -1.38. The molecule has 0 unspecified atom stereocenters. The summed E-state index contributed by atoms with van der Waals surface area (Å²) < 4.78 is 5.49. The van der Waals surface area contributed by atoms with Crippen molar-refractivity contribution in [3.63, 3.8) is 0 Å². The van der Waals surface area contributed by atoms with Crippen molar-refractivity contribution >= 4 is 5.97 Å². The van der Waals surface area contributed by atoms with Gasteiger partial charge in [0, 0.05) is 5.69 Å². The number of carbonyl (C=O) groups is 1. The van der Waals surface area contributed by atoms with Gasteiger partial charge < -0.3 is 4.74 Å². The highest BCUT2D eigenvalue weighted by atomic mass is 16.5. The van der Waals surface area contributed by atoms with Crippen LogP contribution in [0.25, 0.3) is 0 Å². The summed E-state index contributed by atoms with van der Waals surface area (Å²) >= 11 is 0. The van der Waals surface area contributed by atoms with Crippen molar-refractivity contribution in [1.29, 1.82) is 0 Å². The first-order valence-corrected chi connectivity index (χ1v) is 10.3. The second-order valence-corrected chi connectivity index (χ2v) is 7.68. The summed E-state index contributed by atoms with van der Waals surface area (Å²) in [6, 6.07) is 3.70. The van der Waals surface area contributed by atoms with Gasteiger partial charge in [0.25, 0.3) is 0 Å². The minimum Gasteiger partial charge on any atom is -0.425 e. The number of hydrogen-bond donors (Lipinski definition) is 0. The molecule has 1 saturated carbocycles. The fourth-order valence-electron chi connectivity index (χ4n) is 3.79. The van der Waals surface area contributed by atoms with Crippen LogP contribution < -0.4 is 4.74 Å². The first-order valence-electron chi connectivity index (χ1n) is 10.3. The van der Waals surface area contributed by atoms with Crippen LogP contribution in [0.3, 0.4) is 0 Å². The van der Waals surface area contributed by atoms with Gasteiger partial charge in [0.05, 0.1) is 12.1 Å². The Morgan fingerprint density at radius 1 is 1.04 bits per heavy atom. The van der Waals surface area contributed by atoms with Gasteiger partial charge in [0.15, 0.2) is 0 Å². The Labute approximate surface area is 153 Å². The molecule has 1 aromatic heterocycles. The van der Waals surface area contributed by atoms with Crippen molar-refractivity contribution in [2.24, 2.45) is 11.8 Å². The van der Waals surface area contributed by atoms with Crippen LogP contribution in [-0.2, 0) is 4.79 Å². The van der Waals surface area contributed by atoms with Crippen LogP contribution in [0.5, 0.6) is 5.75 Å². The fraction of sp³-hybridized carbons (Fsp3) is 0.727. The van der Waals surface area contributed by atoms with E-state index in [1.165, 1.54) is 64.2 Å². The van der Waals surface area contributed by atoms with Crippen molar-refractivity contribution in [2.45, 2.75) is 90.9 Å². The molecular formula is C22H35NO2. The average molecular weight is 346 g/mol. The zero-order chi connectivity index (χ0) is 17.9. The summed E-state index contributed by atoms with van der Waals surface area (Å²) in [6.07, 6.45) is 17.0. The van der Waals surface area contributed by atoms with E-state index in [0.717, 1.165) is 24.5 Å². The van der Waals surface area contributed by atoms with Crippen LogP contribution >= 0.6 is 0 Å². The van der Waals surface area contributed by atoms with Gasteiger partial charge in [-0.1, -0.05) is 58.3 Å². The highest BCUT2D eigenvalue weighted by molar-refractivity contribution is 5.75. The molecule has 1 aliphatic carbocycles. The second kappa shape index (κ2) is 11.3. The van der Waals surface area contributed by atoms with Crippen molar-refractivity contribution < 1.29 is 9.53 Å². The molecule has 2 rings (SSSR count). The molecule has 140 valence electrons. The standard InChI is InChI=1S/C22H35NO2/c1-3-4-5-6-7-8-9-10-19-12-14-20(15-13-19)22(24)25-21-16-11-18(2)23-17-21/h11,16-17,19-20H,3-10,12-15H2,1-2H3. The van der Waals surface area contributed by atoms with Crippen LogP contribution in [0, 0.1) is 18.8 Å². The predicted molar refractivity (Wildman–Crippen MR) is 103 cm³/mol. The normalized spacial score (nSPS) is 20.4. The number of hydrogen-bond acceptors (Lipinski definition) is 3. The maximum absolute atomic E-state index is 12.3. The molecule has 0 aromatic carbocycles. The molecule has 0 spiro atoms. The Balaban J connectivity index is 1.57. The molecule has 0 bridgehead atoms. The predicted octanol–water partition coefficient (Wildman–Crippen LogP) is 6.24. The van der Waals surface area contributed by atoms with Crippen molar-refractivity contribution in [2.75, 3.05) is 0 Å². The SMILES string of the molecule is CCCCCCCCCC1CCC(C(=O)Oc2ccc(C)nc2)CC1. The first kappa shape index (κ1) is 19.9. The summed E-state index contributed by atoms with van der Waals surface area (Å²) in [5.41, 5.74) is 0.936. The van der Waals surface area contributed by atoms with Gasteiger partial charge in [-0.25, -0.2) is 0 Å². The number of aryl methyl sites for hydroxylation is 1. The fourth-order valence-corrected chi connectivity index (χ4v) is 3.79. The third kappa shape index (κ3) is 7.58. The lowest BCUT2D eigenvalue weighted by atomic mass is 9.80. The third-order valence-corrected chi connectivity index (χ3v) is 5.50. The summed E-state index contributed by atoms with van der Waals surface area (Å²) in [5.74, 6) is 1.40. The number of carbonyl (C=O) groups excluding carboxylic acids is 1. The van der Waals surface area contributed by atoms with E-state index in [2.05, 4.69) is 11.9 Å². The zero-order valence-electron chi connectivity index (χ0n) is 16.1. The summed E-state index contributed by atoms with van der Waals surface area (Å²) in [4.78, 5) is 16.5. The molecule has 3 heteroatoms. The number of nitrogens with zero attached hydrogens (tertiary/aromatic N) is 1. The first-order chi connectivity index (χ1) is 12.2. The van der Waals surface area contributed by atoms with Crippen LogP contribution in [0.15, 0.2) is 18.3 Å². The van der Waals surface area contributed by atoms with Crippen LogP contribution in [0.1, 0.15) is 89.7 Å². The van der Waals surface area contributed by atoms with Crippen LogP contribution in [-0.4, -0.2) is 11.0 Å². The molecule has 1 fully saturated rings. The second-order valence-electron chi connectivity index (χ2n) is 7.68. The zero-order valence-corrected chi connectivity index (χ0v) is 16.1. The molecule has 3 nitrogen and oxygen atoms in total. The smallest absolute Gasteiger partial charge is 0.314 e. The molecule has 0 aliphatic heterocycles. The van der Waals surface area contributed by atoms with Crippen molar-refractivity contribution in [1.82, 2.24) is 4.98 Å². The Kier molecular flexibility index (Phi) is 8.99. The number of esters is 1. The summed E-state index contributed by atoms with van der Waals surface area (Å²) in [6.45, 7) is 4.20. The third-order valence-electron chi connectivity index (χ3n) is 5.50. The van der Waals surface area contributed by atoms with Gasteiger partial charge in [0.1, 0.15) is 5.75 Å². The van der Waals surface area contributed by atoms with Gasteiger partial charge in [-0.3, -0.25) is 9.78 Å². The van der Waals surface area contributed by atoms with Crippen molar-refractivity contribution in [3.8, 4) is 5.75 Å². The van der Waals surface area contributed by atoms with E-state index in [1.807, 2.05) is 19.1 Å². The molecule has 0 radical (unpaired) electrons. The van der Waals surface area contributed by atoms with Crippen LogP contribution in [0.2, 0.25) is 0 Å². The van der Waals surface area contributed by atoms with Gasteiger partial charge >= 0.3 is 5.97 Å². The number of pyridine rings is 1. The number of ether oxygens (including phenoxy) is 1.